The van der Waals surface area contributed by atoms with Crippen LogP contribution in [0.25, 0.3) is 0 Å². The fraction of sp³-hybridized carbons (Fsp3) is 0.909. The van der Waals surface area contributed by atoms with E-state index >= 15 is 0 Å². The van der Waals surface area contributed by atoms with E-state index in [1.54, 1.807) is 7.11 Å². The van der Waals surface area contributed by atoms with Gasteiger partial charge in [0.15, 0.2) is 0 Å². The van der Waals surface area contributed by atoms with Gasteiger partial charge in [0.05, 0.1) is 12.5 Å². The zero-order valence-corrected chi connectivity index (χ0v) is 11.2. The molecule has 0 atom stereocenters. The molecule has 5 heteroatoms. The maximum absolute atomic E-state index is 12.0. The molecule has 1 N–H and O–H groups in total. The lowest BCUT2D eigenvalue weighted by molar-refractivity contribution is -0.138. The molecule has 1 aliphatic heterocycles. The van der Waals surface area contributed by atoms with Gasteiger partial charge in [-0.15, -0.1) is 12.4 Å². The Morgan fingerprint density at radius 2 is 2.12 bits per heavy atom. The topological polar surface area (TPSA) is 41.6 Å². The van der Waals surface area contributed by atoms with E-state index in [0.717, 1.165) is 19.6 Å². The lowest BCUT2D eigenvalue weighted by Gasteiger charge is -2.33. The number of rotatable bonds is 6. The lowest BCUT2D eigenvalue weighted by atomic mass is 10.0. The molecule has 0 aromatic heterocycles. The van der Waals surface area contributed by atoms with Gasteiger partial charge < -0.3 is 15.0 Å². The number of carbonyl (C=O) groups is 1. The second kappa shape index (κ2) is 7.87. The number of halogens is 1. The highest BCUT2D eigenvalue weighted by atomic mass is 35.5. The molecule has 1 fully saturated rings. The van der Waals surface area contributed by atoms with Gasteiger partial charge in [-0.3, -0.25) is 4.79 Å². The molecule has 1 saturated heterocycles. The first-order chi connectivity index (χ1) is 7.15. The van der Waals surface area contributed by atoms with Crippen LogP contribution in [0.15, 0.2) is 0 Å². The van der Waals surface area contributed by atoms with E-state index in [1.165, 1.54) is 0 Å². The average Bonchev–Trinajstić information content (AvgIpc) is 2.08. The molecule has 4 nitrogen and oxygen atoms in total. The predicted molar refractivity (Wildman–Crippen MR) is 66.9 cm³/mol. The third-order valence-corrected chi connectivity index (χ3v) is 2.59. The molecule has 0 aliphatic carbocycles. The number of amides is 1. The Balaban J connectivity index is 0.00000225. The molecule has 16 heavy (non-hydrogen) atoms. The SMILES string of the molecule is COCCN(CC(C)C)C(=O)C1CNC1.Cl. The minimum atomic E-state index is 0. The summed E-state index contributed by atoms with van der Waals surface area (Å²) in [6.45, 7) is 8.10. The quantitative estimate of drug-likeness (QED) is 0.757. The second-order valence-corrected chi connectivity index (χ2v) is 4.53. The standard InChI is InChI=1S/C11H22N2O2.ClH/c1-9(2)8-13(4-5-15-3)11(14)10-6-12-7-10;/h9-10,12H,4-8H2,1-3H3;1H. The molecule has 96 valence electrons. The molecule has 0 saturated carbocycles. The molecule has 1 rings (SSSR count). The van der Waals surface area contributed by atoms with Crippen molar-refractivity contribution >= 4 is 18.3 Å². The Bertz CT molecular complexity index is 208. The summed E-state index contributed by atoms with van der Waals surface area (Å²) >= 11 is 0. The first-order valence-electron chi connectivity index (χ1n) is 5.63. The minimum Gasteiger partial charge on any atom is -0.383 e. The predicted octanol–water partition coefficient (Wildman–Crippen LogP) is 0.759. The number of nitrogens with one attached hydrogen (secondary N) is 1. The zero-order valence-electron chi connectivity index (χ0n) is 10.4. The van der Waals surface area contributed by atoms with E-state index in [1.807, 2.05) is 4.90 Å². The van der Waals surface area contributed by atoms with Crippen molar-refractivity contribution < 1.29 is 9.53 Å². The molecule has 0 aromatic rings. The molecular formula is C11H23ClN2O2. The highest BCUT2D eigenvalue weighted by Crippen LogP contribution is 2.10. The van der Waals surface area contributed by atoms with Crippen LogP contribution in [-0.2, 0) is 9.53 Å². The molecular weight excluding hydrogens is 228 g/mol. The number of hydrogen-bond donors (Lipinski definition) is 1. The van der Waals surface area contributed by atoms with Crippen molar-refractivity contribution in [3.05, 3.63) is 0 Å². The van der Waals surface area contributed by atoms with Crippen LogP contribution in [0.1, 0.15) is 13.8 Å². The number of hydrogen-bond acceptors (Lipinski definition) is 3. The summed E-state index contributed by atoms with van der Waals surface area (Å²) in [4.78, 5) is 13.9. The first-order valence-corrected chi connectivity index (χ1v) is 5.63. The van der Waals surface area contributed by atoms with Crippen molar-refractivity contribution in [3.63, 3.8) is 0 Å². The number of methoxy groups -OCH3 is 1. The van der Waals surface area contributed by atoms with Crippen LogP contribution in [0.5, 0.6) is 0 Å². The summed E-state index contributed by atoms with van der Waals surface area (Å²) in [6, 6.07) is 0. The zero-order chi connectivity index (χ0) is 11.3. The summed E-state index contributed by atoms with van der Waals surface area (Å²) in [5, 5.41) is 3.13. The van der Waals surface area contributed by atoms with Crippen molar-refractivity contribution in [1.82, 2.24) is 10.2 Å². The van der Waals surface area contributed by atoms with Crippen LogP contribution >= 0.6 is 12.4 Å². The van der Waals surface area contributed by atoms with E-state index < -0.39 is 0 Å². The summed E-state index contributed by atoms with van der Waals surface area (Å²) < 4.78 is 5.03. The van der Waals surface area contributed by atoms with Crippen LogP contribution in [-0.4, -0.2) is 50.7 Å². The van der Waals surface area contributed by atoms with Crippen molar-refractivity contribution in [1.29, 1.82) is 0 Å². The summed E-state index contributed by atoms with van der Waals surface area (Å²) in [7, 11) is 1.67. The highest BCUT2D eigenvalue weighted by molar-refractivity contribution is 5.85. The van der Waals surface area contributed by atoms with Gasteiger partial charge in [-0.2, -0.15) is 0 Å². The normalized spacial score (nSPS) is 15.5. The first kappa shape index (κ1) is 15.7. The van der Waals surface area contributed by atoms with Crippen LogP contribution in [0.4, 0.5) is 0 Å². The third kappa shape index (κ3) is 4.68. The van der Waals surface area contributed by atoms with Gasteiger partial charge in [-0.1, -0.05) is 13.8 Å². The Kier molecular flexibility index (Phi) is 7.72. The highest BCUT2D eigenvalue weighted by Gasteiger charge is 2.29. The number of carbonyl (C=O) groups excluding carboxylic acids is 1. The van der Waals surface area contributed by atoms with E-state index in [9.17, 15) is 4.79 Å². The van der Waals surface area contributed by atoms with Gasteiger partial charge in [0, 0.05) is 33.3 Å². The van der Waals surface area contributed by atoms with Crippen LogP contribution in [0.3, 0.4) is 0 Å². The molecule has 0 radical (unpaired) electrons. The maximum atomic E-state index is 12.0. The fourth-order valence-electron chi connectivity index (χ4n) is 1.66. The van der Waals surface area contributed by atoms with E-state index in [-0.39, 0.29) is 24.2 Å². The van der Waals surface area contributed by atoms with Gasteiger partial charge in [-0.25, -0.2) is 0 Å². The Morgan fingerprint density at radius 1 is 1.50 bits per heavy atom. The maximum Gasteiger partial charge on any atom is 0.228 e. The molecule has 1 heterocycles. The van der Waals surface area contributed by atoms with Gasteiger partial charge in [-0.05, 0) is 5.92 Å². The fourth-order valence-corrected chi connectivity index (χ4v) is 1.66. The van der Waals surface area contributed by atoms with Gasteiger partial charge in [0.25, 0.3) is 0 Å². The van der Waals surface area contributed by atoms with E-state index in [2.05, 4.69) is 19.2 Å². The van der Waals surface area contributed by atoms with Crippen molar-refractivity contribution in [2.24, 2.45) is 11.8 Å². The number of nitrogens with zero attached hydrogens (tertiary/aromatic N) is 1. The average molecular weight is 251 g/mol. The Labute approximate surface area is 104 Å². The van der Waals surface area contributed by atoms with Crippen LogP contribution in [0, 0.1) is 11.8 Å². The lowest BCUT2D eigenvalue weighted by Crippen LogP contribution is -2.53. The molecule has 1 aliphatic rings. The van der Waals surface area contributed by atoms with Crippen LogP contribution in [0.2, 0.25) is 0 Å². The number of ether oxygens (including phenoxy) is 1. The van der Waals surface area contributed by atoms with Crippen LogP contribution < -0.4 is 5.32 Å². The van der Waals surface area contributed by atoms with Gasteiger partial charge >= 0.3 is 0 Å². The van der Waals surface area contributed by atoms with Crippen molar-refractivity contribution in [2.45, 2.75) is 13.8 Å². The van der Waals surface area contributed by atoms with Crippen molar-refractivity contribution in [2.75, 3.05) is 39.9 Å². The molecule has 0 bridgehead atoms. The largest absolute Gasteiger partial charge is 0.383 e. The third-order valence-electron chi connectivity index (χ3n) is 2.59. The summed E-state index contributed by atoms with van der Waals surface area (Å²) in [5.41, 5.74) is 0. The van der Waals surface area contributed by atoms with E-state index in [0.29, 0.717) is 19.1 Å². The van der Waals surface area contributed by atoms with Gasteiger partial charge in [0.2, 0.25) is 5.91 Å². The second-order valence-electron chi connectivity index (χ2n) is 4.53. The van der Waals surface area contributed by atoms with Gasteiger partial charge in [0.1, 0.15) is 0 Å². The Hall–Kier alpha value is -0.320. The summed E-state index contributed by atoms with van der Waals surface area (Å²) in [6.07, 6.45) is 0. The molecule has 1 amide bonds. The molecule has 0 spiro atoms. The minimum absolute atomic E-state index is 0. The Morgan fingerprint density at radius 3 is 2.50 bits per heavy atom. The summed E-state index contributed by atoms with van der Waals surface area (Å²) in [5.74, 6) is 0.985. The smallest absolute Gasteiger partial charge is 0.228 e. The molecule has 0 unspecified atom stereocenters. The monoisotopic (exact) mass is 250 g/mol. The van der Waals surface area contributed by atoms with E-state index in [4.69, 9.17) is 4.74 Å². The van der Waals surface area contributed by atoms with Crippen molar-refractivity contribution in [3.8, 4) is 0 Å². The molecule has 0 aromatic carbocycles.